The first-order valence-electron chi connectivity index (χ1n) is 12.8. The molecule has 2 saturated heterocycles. The molecule has 2 amide bonds. The lowest BCUT2D eigenvalue weighted by molar-refractivity contribution is -0.161. The Bertz CT molecular complexity index is 726. The number of likely N-dealkylation sites (tertiary alicyclic amines) is 1. The van der Waals surface area contributed by atoms with E-state index in [1.807, 2.05) is 4.90 Å². The number of amides is 2. The molecule has 0 unspecified atom stereocenters. The van der Waals surface area contributed by atoms with Gasteiger partial charge in [-0.3, -0.25) is 9.59 Å². The van der Waals surface area contributed by atoms with Crippen molar-refractivity contribution < 1.29 is 9.59 Å². The van der Waals surface area contributed by atoms with Gasteiger partial charge in [0, 0.05) is 19.6 Å². The van der Waals surface area contributed by atoms with E-state index in [4.69, 9.17) is 0 Å². The Labute approximate surface area is 194 Å². The van der Waals surface area contributed by atoms with Gasteiger partial charge < -0.3 is 15.1 Å². The molecule has 178 valence electrons. The standard InChI is InChI=1S/C27H43N3O2/c1-4-5-10-18-30-25(31)24(21-22(2)3)28-26(32)27(30)15-19-29(20-16-27)17-11-9-14-23-12-7-6-8-13-23/h6-8,12-13,22,24H,4-5,9-11,14-21H2,1-3H3,(H,28,32)/t24-/m0/s1. The molecule has 0 bridgehead atoms. The first-order chi connectivity index (χ1) is 15.5. The smallest absolute Gasteiger partial charge is 0.246 e. The van der Waals surface area contributed by atoms with Gasteiger partial charge in [-0.25, -0.2) is 0 Å². The zero-order valence-corrected chi connectivity index (χ0v) is 20.4. The number of carbonyl (C=O) groups is 2. The van der Waals surface area contributed by atoms with Gasteiger partial charge in [-0.1, -0.05) is 63.9 Å². The number of benzene rings is 1. The molecule has 1 spiro atoms. The quantitative estimate of drug-likeness (QED) is 0.518. The van der Waals surface area contributed by atoms with Crippen molar-refractivity contribution in [3.63, 3.8) is 0 Å². The van der Waals surface area contributed by atoms with Crippen molar-refractivity contribution in [1.29, 1.82) is 0 Å². The summed E-state index contributed by atoms with van der Waals surface area (Å²) in [7, 11) is 0. The summed E-state index contributed by atoms with van der Waals surface area (Å²) in [6.07, 6.45) is 8.91. The Hall–Kier alpha value is -1.88. The lowest BCUT2D eigenvalue weighted by Gasteiger charge is -2.52. The molecule has 0 saturated carbocycles. The second-order valence-corrected chi connectivity index (χ2v) is 10.2. The van der Waals surface area contributed by atoms with Gasteiger partial charge in [0.25, 0.3) is 0 Å². The third-order valence-corrected chi connectivity index (χ3v) is 7.22. The van der Waals surface area contributed by atoms with Crippen molar-refractivity contribution in [3.8, 4) is 0 Å². The van der Waals surface area contributed by atoms with Crippen LogP contribution in [0.4, 0.5) is 0 Å². The predicted octanol–water partition coefficient (Wildman–Crippen LogP) is 4.41. The third-order valence-electron chi connectivity index (χ3n) is 7.22. The first kappa shape index (κ1) is 24.8. The van der Waals surface area contributed by atoms with Crippen LogP contribution in [0.5, 0.6) is 0 Å². The molecular formula is C27H43N3O2. The van der Waals surface area contributed by atoms with E-state index in [9.17, 15) is 9.59 Å². The number of hydrogen-bond donors (Lipinski definition) is 1. The van der Waals surface area contributed by atoms with E-state index >= 15 is 0 Å². The lowest BCUT2D eigenvalue weighted by atomic mass is 9.80. The maximum atomic E-state index is 13.4. The largest absolute Gasteiger partial charge is 0.342 e. The van der Waals surface area contributed by atoms with E-state index in [2.05, 4.69) is 61.3 Å². The zero-order chi connectivity index (χ0) is 23.0. The molecule has 5 heteroatoms. The molecular weight excluding hydrogens is 398 g/mol. The summed E-state index contributed by atoms with van der Waals surface area (Å²) in [4.78, 5) is 31.2. The summed E-state index contributed by atoms with van der Waals surface area (Å²) >= 11 is 0. The Morgan fingerprint density at radius 2 is 1.69 bits per heavy atom. The fourth-order valence-corrected chi connectivity index (χ4v) is 5.30. The van der Waals surface area contributed by atoms with Crippen molar-refractivity contribution in [1.82, 2.24) is 15.1 Å². The van der Waals surface area contributed by atoms with E-state index in [0.29, 0.717) is 12.5 Å². The Morgan fingerprint density at radius 1 is 1.00 bits per heavy atom. The number of aryl methyl sites for hydroxylation is 1. The summed E-state index contributed by atoms with van der Waals surface area (Å²) in [5.41, 5.74) is 0.764. The van der Waals surface area contributed by atoms with Crippen LogP contribution in [0, 0.1) is 5.92 Å². The topological polar surface area (TPSA) is 52.7 Å². The molecule has 1 N–H and O–H groups in total. The minimum Gasteiger partial charge on any atom is -0.342 e. The Kier molecular flexibility index (Phi) is 9.15. The van der Waals surface area contributed by atoms with Gasteiger partial charge in [-0.05, 0) is 63.0 Å². The second-order valence-electron chi connectivity index (χ2n) is 10.2. The molecule has 0 aliphatic carbocycles. The van der Waals surface area contributed by atoms with Crippen LogP contribution in [-0.4, -0.2) is 59.4 Å². The molecule has 1 aromatic rings. The highest BCUT2D eigenvalue weighted by Crippen LogP contribution is 2.34. The van der Waals surface area contributed by atoms with Crippen LogP contribution < -0.4 is 5.32 Å². The summed E-state index contributed by atoms with van der Waals surface area (Å²) in [6, 6.07) is 10.3. The van der Waals surface area contributed by atoms with E-state index in [-0.39, 0.29) is 17.9 Å². The van der Waals surface area contributed by atoms with Crippen LogP contribution in [0.1, 0.15) is 77.7 Å². The predicted molar refractivity (Wildman–Crippen MR) is 130 cm³/mol. The van der Waals surface area contributed by atoms with Crippen LogP contribution in [-0.2, 0) is 16.0 Å². The SMILES string of the molecule is CCCCCN1C(=O)[C@H](CC(C)C)NC(=O)C12CCN(CCCCc1ccccc1)CC2. The molecule has 32 heavy (non-hydrogen) atoms. The summed E-state index contributed by atoms with van der Waals surface area (Å²) in [5, 5.41) is 3.12. The van der Waals surface area contributed by atoms with Crippen molar-refractivity contribution in [3.05, 3.63) is 35.9 Å². The van der Waals surface area contributed by atoms with Gasteiger partial charge in [-0.15, -0.1) is 0 Å². The number of hydrogen-bond acceptors (Lipinski definition) is 3. The molecule has 0 radical (unpaired) electrons. The summed E-state index contributed by atoms with van der Waals surface area (Å²) in [6.45, 7) is 9.98. The number of piperazine rings is 1. The minimum atomic E-state index is -0.640. The third kappa shape index (κ3) is 6.12. The van der Waals surface area contributed by atoms with Crippen molar-refractivity contribution in [2.45, 2.75) is 90.1 Å². The molecule has 0 aromatic heterocycles. The zero-order valence-electron chi connectivity index (χ0n) is 20.4. The first-order valence-corrected chi connectivity index (χ1v) is 12.8. The molecule has 3 rings (SSSR count). The monoisotopic (exact) mass is 441 g/mol. The highest BCUT2D eigenvalue weighted by Gasteiger charge is 2.53. The Morgan fingerprint density at radius 3 is 2.34 bits per heavy atom. The normalized spacial score (nSPS) is 21.4. The molecule has 2 fully saturated rings. The van der Waals surface area contributed by atoms with E-state index in [1.165, 1.54) is 18.4 Å². The van der Waals surface area contributed by atoms with Crippen LogP contribution >= 0.6 is 0 Å². The average molecular weight is 442 g/mol. The number of nitrogens with one attached hydrogen (secondary N) is 1. The highest BCUT2D eigenvalue weighted by atomic mass is 16.2. The lowest BCUT2D eigenvalue weighted by Crippen LogP contribution is -2.73. The van der Waals surface area contributed by atoms with Crippen LogP contribution in [0.3, 0.4) is 0 Å². The minimum absolute atomic E-state index is 0.0861. The van der Waals surface area contributed by atoms with Gasteiger partial charge in [0.1, 0.15) is 11.6 Å². The van der Waals surface area contributed by atoms with E-state index < -0.39 is 5.54 Å². The van der Waals surface area contributed by atoms with Gasteiger partial charge in [0.2, 0.25) is 11.8 Å². The van der Waals surface area contributed by atoms with Crippen molar-refractivity contribution in [2.24, 2.45) is 5.92 Å². The maximum Gasteiger partial charge on any atom is 0.246 e. The second kappa shape index (κ2) is 11.8. The number of nitrogens with zero attached hydrogens (tertiary/aromatic N) is 2. The average Bonchev–Trinajstić information content (AvgIpc) is 2.79. The Balaban J connectivity index is 1.56. The molecule has 2 aliphatic rings. The molecule has 1 atom stereocenters. The number of carbonyl (C=O) groups excluding carboxylic acids is 2. The molecule has 5 nitrogen and oxygen atoms in total. The molecule has 2 aliphatic heterocycles. The highest BCUT2D eigenvalue weighted by molar-refractivity contribution is 6.00. The van der Waals surface area contributed by atoms with Gasteiger partial charge in [0.15, 0.2) is 0 Å². The number of rotatable bonds is 11. The van der Waals surface area contributed by atoms with Crippen LogP contribution in [0.2, 0.25) is 0 Å². The van der Waals surface area contributed by atoms with Crippen LogP contribution in [0.15, 0.2) is 30.3 Å². The summed E-state index contributed by atoms with van der Waals surface area (Å²) in [5.74, 6) is 0.613. The fraction of sp³-hybridized carbons (Fsp3) is 0.704. The summed E-state index contributed by atoms with van der Waals surface area (Å²) < 4.78 is 0. The molecule has 1 aromatic carbocycles. The van der Waals surface area contributed by atoms with Gasteiger partial charge in [-0.2, -0.15) is 0 Å². The number of unbranched alkanes of at least 4 members (excludes halogenated alkanes) is 3. The van der Waals surface area contributed by atoms with Crippen LogP contribution in [0.25, 0.3) is 0 Å². The van der Waals surface area contributed by atoms with Crippen molar-refractivity contribution in [2.75, 3.05) is 26.2 Å². The van der Waals surface area contributed by atoms with E-state index in [0.717, 1.165) is 64.6 Å². The maximum absolute atomic E-state index is 13.4. The fourth-order valence-electron chi connectivity index (χ4n) is 5.30. The van der Waals surface area contributed by atoms with Crippen molar-refractivity contribution >= 4 is 11.8 Å². The number of piperidine rings is 1. The van der Waals surface area contributed by atoms with Gasteiger partial charge >= 0.3 is 0 Å². The van der Waals surface area contributed by atoms with E-state index in [1.54, 1.807) is 0 Å². The molecule has 2 heterocycles. The van der Waals surface area contributed by atoms with Gasteiger partial charge in [0.05, 0.1) is 0 Å².